The standard InChI is InChI=1S/C79H66N14O24S6/c1-92-54-27-25-48(62-64(54)60(44-13-3-5-15-46(44)70(62)96)66(74(92)98)68(94)40-9-7-11-42(30-40)118(100,101)102)82-50-32-52(58(122(112,113)114)34-56(50)120(106,107)108)84-78-88-72(86-76(80)90-78)38-21-17-36(18-22-38)29-37-19-23-39(24-20-37)73-87-77(81)91-79(89-73)85-53-33-51(57(121(109,110)111)35-59(53)123(115,116)117)83-49-26-28-55-65-61(45-14-4-6-16-47(45)71(97)63(49)65)67(75(99)93(55)2)69(95)41-10-8-12-43(31-41)119(103,104)105/h3-16,25-28,30-39,82-83H,17-24,29H2,1-2H3,(H,100,101,102)(H,103,104,105)(H,106,107,108)(H,109,110,111)(H,112,113,114)(H,115,116,117)(H3,80,84,86,88,90)(H3,81,85,87,89,91). The van der Waals surface area contributed by atoms with Crippen LogP contribution in [0, 0.1) is 11.8 Å². The van der Waals surface area contributed by atoms with E-state index in [1.54, 1.807) is 0 Å². The number of ketones is 4. The number of nitrogen functional groups attached to an aromatic ring is 2. The molecule has 14 N–H and O–H groups in total. The fourth-order valence-electron chi connectivity index (χ4n) is 16.8. The van der Waals surface area contributed by atoms with Gasteiger partial charge in [0.15, 0.2) is 23.1 Å². The highest BCUT2D eigenvalue weighted by Crippen LogP contribution is 2.50. The zero-order valence-electron chi connectivity index (χ0n) is 63.7. The summed E-state index contributed by atoms with van der Waals surface area (Å²) in [6.45, 7) is 0. The molecule has 0 aliphatic heterocycles. The molecule has 4 aliphatic rings. The van der Waals surface area contributed by atoms with E-state index in [1.807, 2.05) is 0 Å². The minimum absolute atomic E-state index is 0.0268. The molecule has 12 aromatic rings. The van der Waals surface area contributed by atoms with Gasteiger partial charge in [-0.15, -0.1) is 0 Å². The maximum absolute atomic E-state index is 14.9. The van der Waals surface area contributed by atoms with Crippen molar-refractivity contribution in [3.63, 3.8) is 0 Å². The monoisotopic (exact) mass is 1790 g/mol. The molecule has 8 aromatic carbocycles. The van der Waals surface area contributed by atoms with E-state index in [0.717, 1.165) is 52.0 Å². The minimum atomic E-state index is -5.47. The molecule has 0 spiro atoms. The number of benzene rings is 8. The van der Waals surface area contributed by atoms with E-state index < -0.39 is 158 Å². The van der Waals surface area contributed by atoms with Crippen LogP contribution in [0.5, 0.6) is 0 Å². The third kappa shape index (κ3) is 15.6. The van der Waals surface area contributed by atoms with Crippen molar-refractivity contribution in [2.75, 3.05) is 32.7 Å². The average Bonchev–Trinajstić information content (AvgIpc) is 0.708. The van der Waals surface area contributed by atoms with Crippen molar-refractivity contribution < 1.29 is 97.0 Å². The Hall–Kier alpha value is -12.9. The van der Waals surface area contributed by atoms with Crippen LogP contribution in [0.2, 0.25) is 0 Å². The Morgan fingerprint density at radius 2 is 0.707 bits per heavy atom. The fraction of sp³-hybridized carbons (Fsp3) is 0.190. The van der Waals surface area contributed by atoms with Crippen LogP contribution in [0.15, 0.2) is 185 Å². The van der Waals surface area contributed by atoms with Gasteiger partial charge >= 0.3 is 0 Å². The topological polar surface area (TPSA) is 616 Å². The average molecular weight is 1790 g/mol. The van der Waals surface area contributed by atoms with Gasteiger partial charge in [0.2, 0.25) is 23.8 Å². The Kier molecular flexibility index (Phi) is 20.9. The summed E-state index contributed by atoms with van der Waals surface area (Å²) in [5.41, 5.74) is 5.82. The van der Waals surface area contributed by atoms with Crippen LogP contribution < -0.4 is 43.9 Å². The molecule has 4 aromatic heterocycles. The second-order valence-electron chi connectivity index (χ2n) is 29.9. The van der Waals surface area contributed by atoms with E-state index in [1.165, 1.54) is 111 Å². The first-order valence-corrected chi connectivity index (χ1v) is 45.8. The number of hydrogen-bond donors (Lipinski definition) is 12. The van der Waals surface area contributed by atoms with E-state index in [4.69, 9.17) is 11.5 Å². The van der Waals surface area contributed by atoms with Gasteiger partial charge in [0.25, 0.3) is 71.8 Å². The molecule has 0 amide bonds. The number of aromatic nitrogens is 8. The Morgan fingerprint density at radius 1 is 0.374 bits per heavy atom. The van der Waals surface area contributed by atoms with Crippen LogP contribution in [0.1, 0.15) is 145 Å². The van der Waals surface area contributed by atoms with Crippen molar-refractivity contribution in [1.82, 2.24) is 39.0 Å². The molecular formula is C79H66N14O24S6. The summed E-state index contributed by atoms with van der Waals surface area (Å²) in [5.74, 6) is -4.79. The Morgan fingerprint density at radius 3 is 1.04 bits per heavy atom. The number of carbonyl (C=O) groups is 4. The number of carbonyl (C=O) groups excluding carboxylic acids is 4. The summed E-state index contributed by atoms with van der Waals surface area (Å²) >= 11 is 0. The smallest absolute Gasteiger partial charge is 0.296 e. The first-order valence-electron chi connectivity index (χ1n) is 37.2. The molecular weight excluding hydrogens is 1720 g/mol. The van der Waals surface area contributed by atoms with Gasteiger partial charge in [0, 0.05) is 70.1 Å². The third-order valence-electron chi connectivity index (χ3n) is 22.4. The molecule has 44 heteroatoms. The summed E-state index contributed by atoms with van der Waals surface area (Å²) in [7, 11) is -28.9. The number of anilines is 10. The van der Waals surface area contributed by atoms with Gasteiger partial charge in [-0.25, -0.2) is 0 Å². The number of pyridine rings is 2. The molecule has 4 aliphatic carbocycles. The van der Waals surface area contributed by atoms with Gasteiger partial charge in [-0.05, 0) is 154 Å². The Bertz CT molecular complexity index is 7160. The van der Waals surface area contributed by atoms with Crippen molar-refractivity contribution >= 4 is 164 Å². The molecule has 38 nitrogen and oxygen atoms in total. The lowest BCUT2D eigenvalue weighted by Crippen LogP contribution is -2.29. The highest BCUT2D eigenvalue weighted by Gasteiger charge is 2.40. The minimum Gasteiger partial charge on any atom is -0.368 e. The van der Waals surface area contributed by atoms with Crippen LogP contribution >= 0.6 is 0 Å². The predicted octanol–water partition coefficient (Wildman–Crippen LogP) is 9.90. The van der Waals surface area contributed by atoms with Gasteiger partial charge < -0.3 is 41.9 Å². The van der Waals surface area contributed by atoms with E-state index >= 15 is 0 Å². The number of fused-ring (bicyclic) bond motifs is 4. The second-order valence-corrected chi connectivity index (χ2v) is 38.3. The first kappa shape index (κ1) is 83.8. The highest BCUT2D eigenvalue weighted by atomic mass is 32.2. The lowest BCUT2D eigenvalue weighted by atomic mass is 9.73. The Balaban J connectivity index is 0.628. The number of nitrogens with two attached hydrogens (primary N) is 2. The molecule has 0 bridgehead atoms. The van der Waals surface area contributed by atoms with Gasteiger partial charge in [-0.3, -0.25) is 56.1 Å². The summed E-state index contributed by atoms with van der Waals surface area (Å²) in [5, 5.41) is 11.0. The van der Waals surface area contributed by atoms with Crippen molar-refractivity contribution in [1.29, 1.82) is 0 Å². The summed E-state index contributed by atoms with van der Waals surface area (Å²) in [4.78, 5) is 108. The van der Waals surface area contributed by atoms with Gasteiger partial charge in [0.1, 0.15) is 31.2 Å². The third-order valence-corrected chi connectivity index (χ3v) is 27.7. The number of hydrogen-bond acceptors (Lipinski definition) is 30. The maximum Gasteiger partial charge on any atom is 0.296 e. The molecule has 16 rings (SSSR count). The molecule has 123 heavy (non-hydrogen) atoms. The quantitative estimate of drug-likeness (QED) is 0.0222. The second kappa shape index (κ2) is 30.6. The predicted molar refractivity (Wildman–Crippen MR) is 443 cm³/mol. The molecule has 0 radical (unpaired) electrons. The SMILES string of the molecule is Cn1c(=O)c(C(=O)c2cccc(S(=O)(=O)O)c2)c2c3c(c(Nc4cc(Nc5nc(N)nc(C6CCC(CC7CCC(c8nc(N)nc(Nc9cc(Nc%10ccc%11c%12c%10C(=O)c%10ccccc%10-c%12c(C(=O)c%10cccc(S(=O)(=O)O)c%10)c(=O)n%11C)c(S(=O)(=O)O)cc9S(=O)(=O)O)n8)CC7)CC6)n5)c(S(=O)(=O)O)cc4S(=O)(=O)O)ccc31)C(=O)c1ccccc1-2. The van der Waals surface area contributed by atoms with E-state index in [0.29, 0.717) is 63.5 Å². The molecule has 0 unspecified atom stereocenters. The first-order chi connectivity index (χ1) is 57.9. The van der Waals surface area contributed by atoms with Crippen LogP contribution in [0.3, 0.4) is 0 Å². The van der Waals surface area contributed by atoms with E-state index in [9.17, 15) is 107 Å². The molecule has 2 fully saturated rings. The van der Waals surface area contributed by atoms with Crippen LogP contribution in [0.25, 0.3) is 44.1 Å². The normalized spacial score (nSPS) is 16.7. The number of rotatable bonds is 22. The number of aryl methyl sites for hydroxylation is 2. The lowest BCUT2D eigenvalue weighted by molar-refractivity contribution is 0.102. The van der Waals surface area contributed by atoms with Crippen LogP contribution in [-0.2, 0) is 74.8 Å². The fourth-order valence-corrected chi connectivity index (χ4v) is 20.7. The highest BCUT2D eigenvalue weighted by molar-refractivity contribution is 7.87. The van der Waals surface area contributed by atoms with Gasteiger partial charge in [-0.1, -0.05) is 72.8 Å². The van der Waals surface area contributed by atoms with Crippen molar-refractivity contribution in [3.8, 4) is 22.3 Å². The molecule has 0 saturated heterocycles. The van der Waals surface area contributed by atoms with Gasteiger partial charge in [-0.2, -0.15) is 80.4 Å². The Labute approximate surface area is 697 Å². The summed E-state index contributed by atoms with van der Waals surface area (Å²) in [6, 6.07) is 28.2. The molecule has 4 heterocycles. The van der Waals surface area contributed by atoms with Crippen molar-refractivity contribution in [2.24, 2.45) is 25.9 Å². The summed E-state index contributed by atoms with van der Waals surface area (Å²) in [6.07, 6.45) is 5.65. The number of nitrogens with zero attached hydrogens (tertiary/aromatic N) is 8. The van der Waals surface area contributed by atoms with Crippen molar-refractivity contribution in [3.05, 3.63) is 222 Å². The largest absolute Gasteiger partial charge is 0.368 e. The zero-order valence-corrected chi connectivity index (χ0v) is 68.6. The van der Waals surface area contributed by atoms with E-state index in [2.05, 4.69) is 51.2 Å². The summed E-state index contributed by atoms with van der Waals surface area (Å²) < 4.78 is 220. The zero-order chi connectivity index (χ0) is 88.0. The van der Waals surface area contributed by atoms with Crippen molar-refractivity contribution in [2.45, 2.75) is 99.0 Å². The maximum atomic E-state index is 14.9. The number of nitrogens with one attached hydrogen (secondary N) is 4. The van der Waals surface area contributed by atoms with Crippen LogP contribution in [0.4, 0.5) is 57.9 Å². The van der Waals surface area contributed by atoms with Crippen LogP contribution in [-0.4, -0.2) is 140 Å². The molecule has 0 atom stereocenters. The molecule has 632 valence electrons. The van der Waals surface area contributed by atoms with E-state index in [-0.39, 0.29) is 148 Å². The molecule has 2 saturated carbocycles. The lowest BCUT2D eigenvalue weighted by Gasteiger charge is -2.33. The van der Waals surface area contributed by atoms with Gasteiger partial charge in [0.05, 0.1) is 77.2 Å².